The predicted molar refractivity (Wildman–Crippen MR) is 86.1 cm³/mol. The second kappa shape index (κ2) is 6.02. The molecule has 0 saturated carbocycles. The molecule has 3 aromatic rings. The molecular weight excluding hydrogens is 312 g/mol. The lowest BCUT2D eigenvalue weighted by Gasteiger charge is -2.10. The number of aromatic nitrogens is 2. The van der Waals surface area contributed by atoms with Gasteiger partial charge >= 0.3 is 0 Å². The molecule has 0 radical (unpaired) electrons. The van der Waals surface area contributed by atoms with Crippen LogP contribution in [0.4, 0.5) is 5.69 Å². The summed E-state index contributed by atoms with van der Waals surface area (Å²) in [5.74, 6) is 0. The average molecular weight is 324 g/mol. The molecule has 3 rings (SSSR count). The fraction of sp³-hybridized carbons (Fsp3) is 0.0625. The summed E-state index contributed by atoms with van der Waals surface area (Å²) in [6, 6.07) is 15.4. The second-order valence-electron chi connectivity index (χ2n) is 4.79. The highest BCUT2D eigenvalue weighted by Crippen LogP contribution is 2.23. The quantitative estimate of drug-likeness (QED) is 0.795. The van der Waals surface area contributed by atoms with Gasteiger partial charge < -0.3 is 0 Å². The van der Waals surface area contributed by atoms with E-state index in [0.29, 0.717) is 16.9 Å². The highest BCUT2D eigenvalue weighted by Gasteiger charge is 2.17. The Morgan fingerprint density at radius 1 is 1.09 bits per heavy atom. The fourth-order valence-corrected chi connectivity index (χ4v) is 3.22. The van der Waals surface area contributed by atoms with Gasteiger partial charge in [0.25, 0.3) is 10.0 Å². The summed E-state index contributed by atoms with van der Waals surface area (Å²) in [6.07, 6.45) is 1.66. The van der Waals surface area contributed by atoms with Gasteiger partial charge in [-0.1, -0.05) is 24.3 Å². The van der Waals surface area contributed by atoms with Crippen molar-refractivity contribution in [2.24, 2.45) is 0 Å². The third-order valence-corrected chi connectivity index (χ3v) is 4.46. The minimum atomic E-state index is -3.86. The van der Waals surface area contributed by atoms with E-state index in [1.165, 1.54) is 6.07 Å². The normalized spacial score (nSPS) is 11.1. The minimum Gasteiger partial charge on any atom is -0.276 e. The van der Waals surface area contributed by atoms with Crippen LogP contribution < -0.4 is 4.72 Å². The van der Waals surface area contributed by atoms with E-state index in [0.717, 1.165) is 5.39 Å². The monoisotopic (exact) mass is 324 g/mol. The molecule has 1 aromatic carbocycles. The van der Waals surface area contributed by atoms with Gasteiger partial charge in [0.1, 0.15) is 0 Å². The van der Waals surface area contributed by atoms with Crippen molar-refractivity contribution >= 4 is 26.6 Å². The molecule has 0 fully saturated rings. The van der Waals surface area contributed by atoms with Crippen LogP contribution >= 0.6 is 0 Å². The minimum absolute atomic E-state index is 0.0547. The second-order valence-corrected chi connectivity index (χ2v) is 6.42. The zero-order chi connectivity index (χ0) is 16.3. The fourth-order valence-electron chi connectivity index (χ4n) is 2.17. The van der Waals surface area contributed by atoms with Crippen molar-refractivity contribution in [2.75, 3.05) is 4.72 Å². The van der Waals surface area contributed by atoms with Crippen LogP contribution in [0.2, 0.25) is 0 Å². The molecule has 0 bridgehead atoms. The number of hydrogen-bond donors (Lipinski definition) is 1. The first-order valence-electron chi connectivity index (χ1n) is 6.79. The van der Waals surface area contributed by atoms with Gasteiger partial charge in [-0.2, -0.15) is 13.7 Å². The largest absolute Gasteiger partial charge is 0.279 e. The van der Waals surface area contributed by atoms with E-state index < -0.39 is 10.0 Å². The van der Waals surface area contributed by atoms with Crippen molar-refractivity contribution in [1.82, 2.24) is 9.97 Å². The smallest absolute Gasteiger partial charge is 0.276 e. The Morgan fingerprint density at radius 2 is 1.87 bits per heavy atom. The van der Waals surface area contributed by atoms with Crippen molar-refractivity contribution < 1.29 is 8.42 Å². The number of pyridine rings is 2. The third kappa shape index (κ3) is 3.12. The molecule has 0 amide bonds. The van der Waals surface area contributed by atoms with Crippen LogP contribution in [-0.2, 0) is 16.4 Å². The number of fused-ring (bicyclic) bond motifs is 1. The van der Waals surface area contributed by atoms with Gasteiger partial charge in [-0.05, 0) is 24.3 Å². The molecule has 0 aliphatic heterocycles. The topological polar surface area (TPSA) is 95.7 Å². The molecule has 0 spiro atoms. The van der Waals surface area contributed by atoms with E-state index in [1.54, 1.807) is 36.5 Å². The average Bonchev–Trinajstić information content (AvgIpc) is 2.56. The molecule has 0 saturated heterocycles. The van der Waals surface area contributed by atoms with E-state index in [2.05, 4.69) is 14.7 Å². The summed E-state index contributed by atoms with van der Waals surface area (Å²) in [6.45, 7) is 0. The molecule has 7 heteroatoms. The highest BCUT2D eigenvalue weighted by molar-refractivity contribution is 7.92. The van der Waals surface area contributed by atoms with E-state index >= 15 is 0 Å². The Hall–Kier alpha value is -2.98. The molecule has 1 N–H and O–H groups in total. The standard InChI is InChI=1S/C16H12N4O2S/c17-10-9-13-6-2-8-15(19-13)23(21,22)20-14-7-1-4-12-5-3-11-18-16(12)14/h1-8,11,20H,9H2. The molecule has 0 atom stereocenters. The first kappa shape index (κ1) is 14.9. The van der Waals surface area contributed by atoms with E-state index in [-0.39, 0.29) is 11.4 Å². The number of nitrogens with one attached hydrogen (secondary N) is 1. The summed E-state index contributed by atoms with van der Waals surface area (Å²) >= 11 is 0. The van der Waals surface area contributed by atoms with E-state index in [9.17, 15) is 8.42 Å². The zero-order valence-corrected chi connectivity index (χ0v) is 12.8. The lowest BCUT2D eigenvalue weighted by atomic mass is 10.2. The van der Waals surface area contributed by atoms with Crippen molar-refractivity contribution in [3.63, 3.8) is 0 Å². The SMILES string of the molecule is N#CCc1cccc(S(=O)(=O)Nc2cccc3cccnc23)n1. The van der Waals surface area contributed by atoms with Gasteiger partial charge in [0, 0.05) is 11.6 Å². The molecule has 2 heterocycles. The Labute approximate surface area is 133 Å². The van der Waals surface area contributed by atoms with Gasteiger partial charge in [0.15, 0.2) is 5.03 Å². The number of anilines is 1. The summed E-state index contributed by atoms with van der Waals surface area (Å²) in [5, 5.41) is 9.41. The Morgan fingerprint density at radius 3 is 2.70 bits per heavy atom. The molecule has 6 nitrogen and oxygen atoms in total. The number of nitriles is 1. The van der Waals surface area contributed by atoms with E-state index in [1.807, 2.05) is 18.2 Å². The van der Waals surface area contributed by atoms with Crippen LogP contribution in [-0.4, -0.2) is 18.4 Å². The van der Waals surface area contributed by atoms with Crippen LogP contribution in [0.15, 0.2) is 59.8 Å². The van der Waals surface area contributed by atoms with Gasteiger partial charge in [0.2, 0.25) is 0 Å². The molecule has 0 unspecified atom stereocenters. The maximum atomic E-state index is 12.5. The number of rotatable bonds is 4. The van der Waals surface area contributed by atoms with Crippen molar-refractivity contribution in [3.8, 4) is 6.07 Å². The van der Waals surface area contributed by atoms with Gasteiger partial charge in [-0.3, -0.25) is 9.71 Å². The predicted octanol–water partition coefficient (Wildman–Crippen LogP) is 2.50. The zero-order valence-electron chi connectivity index (χ0n) is 12.0. The summed E-state index contributed by atoms with van der Waals surface area (Å²) in [4.78, 5) is 8.23. The van der Waals surface area contributed by atoms with Crippen LogP contribution in [0.5, 0.6) is 0 Å². The summed E-state index contributed by atoms with van der Waals surface area (Å²) in [7, 11) is -3.86. The molecule has 0 aliphatic rings. The van der Waals surface area contributed by atoms with E-state index in [4.69, 9.17) is 5.26 Å². The molecule has 0 aliphatic carbocycles. The molecule has 2 aromatic heterocycles. The number of hydrogen-bond acceptors (Lipinski definition) is 5. The Bertz CT molecular complexity index is 1000. The van der Waals surface area contributed by atoms with Gasteiger partial charge in [-0.15, -0.1) is 0 Å². The summed E-state index contributed by atoms with van der Waals surface area (Å²) in [5.41, 5.74) is 1.36. The number of para-hydroxylation sites is 1. The van der Waals surface area contributed by atoms with Crippen LogP contribution in [0.1, 0.15) is 5.69 Å². The number of sulfonamides is 1. The first-order valence-corrected chi connectivity index (χ1v) is 8.28. The maximum absolute atomic E-state index is 12.5. The van der Waals surface area contributed by atoms with Crippen molar-refractivity contribution in [1.29, 1.82) is 5.26 Å². The Kier molecular flexibility index (Phi) is 3.91. The lowest BCUT2D eigenvalue weighted by molar-refractivity contribution is 0.597. The number of nitrogens with zero attached hydrogens (tertiary/aromatic N) is 3. The van der Waals surface area contributed by atoms with Crippen molar-refractivity contribution in [3.05, 3.63) is 60.4 Å². The molecule has 23 heavy (non-hydrogen) atoms. The lowest BCUT2D eigenvalue weighted by Crippen LogP contribution is -2.15. The van der Waals surface area contributed by atoms with Crippen LogP contribution in [0, 0.1) is 11.3 Å². The molecule has 114 valence electrons. The first-order chi connectivity index (χ1) is 11.1. The van der Waals surface area contributed by atoms with Gasteiger partial charge in [0.05, 0.1) is 29.4 Å². The van der Waals surface area contributed by atoms with Crippen molar-refractivity contribution in [2.45, 2.75) is 11.4 Å². The Balaban J connectivity index is 2.01. The third-order valence-electron chi connectivity index (χ3n) is 3.19. The van der Waals surface area contributed by atoms with Gasteiger partial charge in [-0.25, -0.2) is 4.98 Å². The highest BCUT2D eigenvalue weighted by atomic mass is 32.2. The van der Waals surface area contributed by atoms with Crippen LogP contribution in [0.3, 0.4) is 0 Å². The number of benzene rings is 1. The van der Waals surface area contributed by atoms with Crippen LogP contribution in [0.25, 0.3) is 10.9 Å². The molecular formula is C16H12N4O2S. The summed E-state index contributed by atoms with van der Waals surface area (Å²) < 4.78 is 27.5. The maximum Gasteiger partial charge on any atom is 0.279 e.